The average Bonchev–Trinajstić information content (AvgIpc) is 2.63. The number of pyridine rings is 1. The third-order valence-corrected chi connectivity index (χ3v) is 3.96. The molecule has 6 nitrogen and oxygen atoms in total. The maximum Gasteiger partial charge on any atom is 0.274 e. The first kappa shape index (κ1) is 17.2. The summed E-state index contributed by atoms with van der Waals surface area (Å²) >= 11 is 0. The first-order valence-electron chi connectivity index (χ1n) is 8.59. The molecule has 1 fully saturated rings. The van der Waals surface area contributed by atoms with Gasteiger partial charge in [-0.25, -0.2) is 4.98 Å². The quantitative estimate of drug-likeness (QED) is 0.876. The van der Waals surface area contributed by atoms with Gasteiger partial charge in [0.1, 0.15) is 5.69 Å². The van der Waals surface area contributed by atoms with Gasteiger partial charge in [-0.2, -0.15) is 0 Å². The number of benzene rings is 1. The van der Waals surface area contributed by atoms with Crippen LogP contribution in [0.5, 0.6) is 0 Å². The van der Waals surface area contributed by atoms with Crippen LogP contribution in [0.15, 0.2) is 42.6 Å². The van der Waals surface area contributed by atoms with Crippen LogP contribution in [0.3, 0.4) is 0 Å². The van der Waals surface area contributed by atoms with Gasteiger partial charge in [0.05, 0.1) is 36.5 Å². The van der Waals surface area contributed by atoms with Gasteiger partial charge in [-0.3, -0.25) is 4.79 Å². The third-order valence-electron chi connectivity index (χ3n) is 3.96. The van der Waals surface area contributed by atoms with Crippen molar-refractivity contribution in [2.75, 3.05) is 41.8 Å². The van der Waals surface area contributed by atoms with Gasteiger partial charge in [0.15, 0.2) is 0 Å². The summed E-state index contributed by atoms with van der Waals surface area (Å²) in [5.41, 5.74) is 3.10. The van der Waals surface area contributed by atoms with Gasteiger partial charge in [-0.15, -0.1) is 0 Å². The number of aromatic nitrogens is 1. The highest BCUT2D eigenvalue weighted by atomic mass is 16.5. The molecule has 25 heavy (non-hydrogen) atoms. The molecule has 0 radical (unpaired) electrons. The summed E-state index contributed by atoms with van der Waals surface area (Å²) in [5.74, 6) is -0.211. The molecule has 0 aliphatic carbocycles. The largest absolute Gasteiger partial charge is 0.382 e. The number of nitrogens with zero attached hydrogens (tertiary/aromatic N) is 2. The molecule has 1 aromatic carbocycles. The van der Waals surface area contributed by atoms with Gasteiger partial charge in [0, 0.05) is 19.1 Å². The van der Waals surface area contributed by atoms with Gasteiger partial charge in [0.2, 0.25) is 0 Å². The molecule has 2 heterocycles. The second-order valence-corrected chi connectivity index (χ2v) is 6.30. The number of hydrogen-bond acceptors (Lipinski definition) is 5. The molecule has 1 aliphatic heterocycles. The predicted octanol–water partition coefficient (Wildman–Crippen LogP) is 2.99. The Bertz CT molecular complexity index is 710. The van der Waals surface area contributed by atoms with Crippen LogP contribution >= 0.6 is 0 Å². The van der Waals surface area contributed by atoms with E-state index in [0.29, 0.717) is 24.9 Å². The lowest BCUT2D eigenvalue weighted by Gasteiger charge is -2.30. The van der Waals surface area contributed by atoms with Crippen molar-refractivity contribution in [1.82, 2.24) is 4.98 Å². The number of nitrogens with one attached hydrogen (secondary N) is 2. The summed E-state index contributed by atoms with van der Waals surface area (Å²) in [7, 11) is 0. The van der Waals surface area contributed by atoms with Crippen molar-refractivity contribution in [3.63, 3.8) is 0 Å². The Morgan fingerprint density at radius 2 is 1.92 bits per heavy atom. The van der Waals surface area contributed by atoms with Gasteiger partial charge < -0.3 is 20.3 Å². The molecule has 0 saturated carbocycles. The molecule has 1 aliphatic rings. The number of hydrogen-bond donors (Lipinski definition) is 2. The molecule has 0 bridgehead atoms. The highest BCUT2D eigenvalue weighted by molar-refractivity contribution is 6.04. The van der Waals surface area contributed by atoms with Crippen molar-refractivity contribution >= 4 is 23.0 Å². The minimum absolute atomic E-state index is 0.211. The van der Waals surface area contributed by atoms with Crippen molar-refractivity contribution < 1.29 is 9.53 Å². The van der Waals surface area contributed by atoms with E-state index in [4.69, 9.17) is 4.74 Å². The van der Waals surface area contributed by atoms with E-state index in [1.165, 1.54) is 0 Å². The van der Waals surface area contributed by atoms with Crippen molar-refractivity contribution in [1.29, 1.82) is 0 Å². The SMILES string of the molecule is CC(C)Nc1ccc(C(=O)Nc2ccccc2N2CCOCC2)nc1. The number of carbonyl (C=O) groups is 1. The molecule has 1 aromatic heterocycles. The van der Waals surface area contributed by atoms with Crippen LogP contribution in [0.25, 0.3) is 0 Å². The molecule has 1 amide bonds. The van der Waals surface area contributed by atoms with Gasteiger partial charge in [0.25, 0.3) is 5.91 Å². The van der Waals surface area contributed by atoms with Crippen molar-refractivity contribution in [3.8, 4) is 0 Å². The zero-order valence-corrected chi connectivity index (χ0v) is 14.7. The third kappa shape index (κ3) is 4.48. The van der Waals surface area contributed by atoms with E-state index in [1.807, 2.05) is 30.3 Å². The molecule has 3 rings (SSSR count). The monoisotopic (exact) mass is 340 g/mol. The summed E-state index contributed by atoms with van der Waals surface area (Å²) in [6.07, 6.45) is 1.68. The van der Waals surface area contributed by atoms with Crippen LogP contribution in [-0.2, 0) is 4.74 Å². The zero-order valence-electron chi connectivity index (χ0n) is 14.7. The Morgan fingerprint density at radius 1 is 1.16 bits per heavy atom. The summed E-state index contributed by atoms with van der Waals surface area (Å²) in [5, 5.41) is 6.24. The molecule has 6 heteroatoms. The highest BCUT2D eigenvalue weighted by Gasteiger charge is 2.16. The number of amides is 1. The molecule has 1 saturated heterocycles. The van der Waals surface area contributed by atoms with Crippen LogP contribution < -0.4 is 15.5 Å². The average molecular weight is 340 g/mol. The lowest BCUT2D eigenvalue weighted by atomic mass is 10.2. The molecular weight excluding hydrogens is 316 g/mol. The first-order valence-corrected chi connectivity index (χ1v) is 8.59. The van der Waals surface area contributed by atoms with Crippen LogP contribution in [0.4, 0.5) is 17.1 Å². The molecule has 0 atom stereocenters. The van der Waals surface area contributed by atoms with E-state index in [-0.39, 0.29) is 5.91 Å². The van der Waals surface area contributed by atoms with Crippen molar-refractivity contribution in [3.05, 3.63) is 48.3 Å². The summed E-state index contributed by atoms with van der Waals surface area (Å²) in [6.45, 7) is 7.16. The number of morpholine rings is 1. The van der Waals surface area contributed by atoms with Crippen molar-refractivity contribution in [2.24, 2.45) is 0 Å². The van der Waals surface area contributed by atoms with E-state index in [1.54, 1.807) is 12.3 Å². The summed E-state index contributed by atoms with van der Waals surface area (Å²) < 4.78 is 5.41. The molecule has 132 valence electrons. The lowest BCUT2D eigenvalue weighted by Crippen LogP contribution is -2.36. The molecular formula is C19H24N4O2. The minimum atomic E-state index is -0.211. The second kappa shape index (κ2) is 7.98. The van der Waals surface area contributed by atoms with E-state index >= 15 is 0 Å². The number of anilines is 3. The van der Waals surface area contributed by atoms with Gasteiger partial charge >= 0.3 is 0 Å². The Morgan fingerprint density at radius 3 is 2.60 bits per heavy atom. The van der Waals surface area contributed by atoms with Crippen molar-refractivity contribution in [2.45, 2.75) is 19.9 Å². The summed E-state index contributed by atoms with van der Waals surface area (Å²) in [6, 6.07) is 11.8. The fourth-order valence-electron chi connectivity index (χ4n) is 2.79. The Kier molecular flexibility index (Phi) is 5.50. The highest BCUT2D eigenvalue weighted by Crippen LogP contribution is 2.26. The second-order valence-electron chi connectivity index (χ2n) is 6.30. The fraction of sp³-hybridized carbons (Fsp3) is 0.368. The number of ether oxygens (including phenoxy) is 1. The fourth-order valence-corrected chi connectivity index (χ4v) is 2.79. The summed E-state index contributed by atoms with van der Waals surface area (Å²) in [4.78, 5) is 19.0. The Balaban J connectivity index is 1.72. The molecule has 2 N–H and O–H groups in total. The van der Waals surface area contributed by atoms with Crippen LogP contribution in [0, 0.1) is 0 Å². The maximum atomic E-state index is 12.5. The zero-order chi connectivity index (χ0) is 17.6. The Labute approximate surface area is 148 Å². The molecule has 0 unspecified atom stereocenters. The number of para-hydroxylation sites is 2. The topological polar surface area (TPSA) is 66.5 Å². The Hall–Kier alpha value is -2.60. The predicted molar refractivity (Wildman–Crippen MR) is 100 cm³/mol. The van der Waals surface area contributed by atoms with Crippen LogP contribution in [0.1, 0.15) is 24.3 Å². The maximum absolute atomic E-state index is 12.5. The normalized spacial score (nSPS) is 14.4. The van der Waals surface area contributed by atoms with Crippen LogP contribution in [0.2, 0.25) is 0 Å². The smallest absolute Gasteiger partial charge is 0.274 e. The van der Waals surface area contributed by atoms with E-state index in [9.17, 15) is 4.79 Å². The standard InChI is InChI=1S/C19H24N4O2/c1-14(2)21-15-7-8-17(20-13-15)19(24)22-16-5-3-4-6-18(16)23-9-11-25-12-10-23/h3-8,13-14,21H,9-12H2,1-2H3,(H,22,24). The molecule has 2 aromatic rings. The van der Waals surface area contributed by atoms with Crippen LogP contribution in [-0.4, -0.2) is 43.2 Å². The molecule has 0 spiro atoms. The number of carbonyl (C=O) groups excluding carboxylic acids is 1. The van der Waals surface area contributed by atoms with E-state index < -0.39 is 0 Å². The van der Waals surface area contributed by atoms with E-state index in [0.717, 1.165) is 30.2 Å². The van der Waals surface area contributed by atoms with Gasteiger partial charge in [-0.05, 0) is 38.1 Å². The number of rotatable bonds is 5. The van der Waals surface area contributed by atoms with E-state index in [2.05, 4.69) is 34.4 Å². The van der Waals surface area contributed by atoms with Gasteiger partial charge in [-0.1, -0.05) is 12.1 Å². The first-order chi connectivity index (χ1) is 12.1. The minimum Gasteiger partial charge on any atom is -0.382 e. The lowest BCUT2D eigenvalue weighted by molar-refractivity contribution is 0.102.